The third kappa shape index (κ3) is 7.00. The number of anilines is 2. The van der Waals surface area contributed by atoms with Gasteiger partial charge in [0.1, 0.15) is 10.7 Å². The molecule has 0 atom stereocenters. The lowest BCUT2D eigenvalue weighted by atomic mass is 10.1. The summed E-state index contributed by atoms with van der Waals surface area (Å²) in [6.45, 7) is 5.83. The van der Waals surface area contributed by atoms with Crippen molar-refractivity contribution in [3.63, 3.8) is 0 Å². The van der Waals surface area contributed by atoms with Crippen molar-refractivity contribution < 1.29 is 14.3 Å². The molecule has 1 aliphatic rings. The molecule has 2 aromatic carbocycles. The van der Waals surface area contributed by atoms with Crippen molar-refractivity contribution in [3.8, 4) is 0 Å². The number of carbonyl (C=O) groups is 2. The van der Waals surface area contributed by atoms with Gasteiger partial charge in [-0.15, -0.1) is 11.3 Å². The Hall–Kier alpha value is -3.14. The van der Waals surface area contributed by atoms with Gasteiger partial charge in [-0.05, 0) is 36.2 Å². The van der Waals surface area contributed by atoms with Gasteiger partial charge in [-0.3, -0.25) is 4.79 Å². The van der Waals surface area contributed by atoms with Crippen molar-refractivity contribution in [2.45, 2.75) is 19.9 Å². The summed E-state index contributed by atoms with van der Waals surface area (Å²) >= 11 is 7.52. The predicted molar refractivity (Wildman–Crippen MR) is 149 cm³/mol. The molecule has 2 heterocycles. The van der Waals surface area contributed by atoms with E-state index in [2.05, 4.69) is 22.1 Å². The molecule has 1 aliphatic heterocycles. The van der Waals surface area contributed by atoms with Crippen molar-refractivity contribution in [2.24, 2.45) is 0 Å². The zero-order valence-corrected chi connectivity index (χ0v) is 22.7. The number of thiazole rings is 1. The average molecular weight is 542 g/mol. The van der Waals surface area contributed by atoms with E-state index in [0.717, 1.165) is 36.4 Å². The van der Waals surface area contributed by atoms with Crippen molar-refractivity contribution in [1.82, 2.24) is 14.8 Å². The Morgan fingerprint density at radius 1 is 1.14 bits per heavy atom. The van der Waals surface area contributed by atoms with Crippen molar-refractivity contribution in [2.75, 3.05) is 56.7 Å². The highest BCUT2D eigenvalue weighted by Gasteiger charge is 2.25. The van der Waals surface area contributed by atoms with E-state index in [9.17, 15) is 9.59 Å². The molecule has 8 nitrogen and oxygen atoms in total. The molecule has 37 heavy (non-hydrogen) atoms. The van der Waals surface area contributed by atoms with Gasteiger partial charge < -0.3 is 24.8 Å². The molecule has 1 aromatic heterocycles. The minimum Gasteiger partial charge on any atom is -0.383 e. The Labute approximate surface area is 226 Å². The lowest BCUT2D eigenvalue weighted by Gasteiger charge is -2.35. The molecule has 3 aromatic rings. The Kier molecular flexibility index (Phi) is 9.38. The number of urea groups is 1. The lowest BCUT2D eigenvalue weighted by Crippen LogP contribution is -2.48. The number of carbonyl (C=O) groups excluding carboxylic acids is 2. The first-order valence-corrected chi connectivity index (χ1v) is 13.6. The van der Waals surface area contributed by atoms with Crippen LogP contribution in [0, 0.1) is 0 Å². The number of rotatable bonds is 9. The van der Waals surface area contributed by atoms with Gasteiger partial charge in [0.2, 0.25) is 0 Å². The van der Waals surface area contributed by atoms with Crippen LogP contribution >= 0.6 is 22.9 Å². The summed E-state index contributed by atoms with van der Waals surface area (Å²) in [6, 6.07) is 15.3. The molecule has 0 radical (unpaired) electrons. The van der Waals surface area contributed by atoms with Gasteiger partial charge in [-0.2, -0.15) is 0 Å². The minimum absolute atomic E-state index is 0.0852. The van der Waals surface area contributed by atoms with Crippen LogP contribution in [0.1, 0.15) is 28.0 Å². The van der Waals surface area contributed by atoms with E-state index < -0.39 is 0 Å². The van der Waals surface area contributed by atoms with Crippen LogP contribution in [0.4, 0.5) is 16.2 Å². The zero-order valence-electron chi connectivity index (χ0n) is 21.2. The Morgan fingerprint density at radius 2 is 1.92 bits per heavy atom. The van der Waals surface area contributed by atoms with Crippen LogP contribution in [-0.4, -0.2) is 73.2 Å². The van der Waals surface area contributed by atoms with Gasteiger partial charge in [0.15, 0.2) is 0 Å². The molecule has 1 fully saturated rings. The number of methoxy groups -OCH3 is 1. The van der Waals surface area contributed by atoms with E-state index in [1.807, 2.05) is 53.4 Å². The van der Waals surface area contributed by atoms with Crippen molar-refractivity contribution in [3.05, 3.63) is 75.2 Å². The van der Waals surface area contributed by atoms with Crippen molar-refractivity contribution in [1.29, 1.82) is 0 Å². The smallest absolute Gasteiger partial charge is 0.322 e. The molecule has 0 aliphatic carbocycles. The molecule has 10 heteroatoms. The van der Waals surface area contributed by atoms with Crippen LogP contribution in [0.3, 0.4) is 0 Å². The van der Waals surface area contributed by atoms with Gasteiger partial charge in [-0.25, -0.2) is 9.78 Å². The van der Waals surface area contributed by atoms with Crippen molar-refractivity contribution >= 4 is 46.3 Å². The normalized spacial score (nSPS) is 13.5. The number of halogens is 1. The molecule has 0 spiro atoms. The first-order valence-electron chi connectivity index (χ1n) is 12.4. The molecule has 0 saturated carbocycles. The van der Waals surface area contributed by atoms with Crippen LogP contribution in [0.2, 0.25) is 5.02 Å². The van der Waals surface area contributed by atoms with Gasteiger partial charge in [0.25, 0.3) is 5.91 Å². The summed E-state index contributed by atoms with van der Waals surface area (Å²) in [5.41, 5.74) is 3.34. The molecule has 1 N–H and O–H groups in total. The summed E-state index contributed by atoms with van der Waals surface area (Å²) in [5, 5.41) is 6.20. The largest absolute Gasteiger partial charge is 0.383 e. The molecule has 1 saturated heterocycles. The number of nitrogens with zero attached hydrogens (tertiary/aromatic N) is 4. The second-order valence-electron chi connectivity index (χ2n) is 8.74. The Bertz CT molecular complexity index is 1210. The number of amides is 3. The summed E-state index contributed by atoms with van der Waals surface area (Å²) in [5.74, 6) is -0.0852. The second kappa shape index (κ2) is 12.9. The highest BCUT2D eigenvalue weighted by Crippen LogP contribution is 2.22. The molecule has 0 bridgehead atoms. The zero-order chi connectivity index (χ0) is 26.2. The number of ether oxygens (including phenoxy) is 1. The molecular formula is C27H32ClN5O3S. The molecule has 0 unspecified atom stereocenters. The number of hydrogen-bond acceptors (Lipinski definition) is 6. The first-order chi connectivity index (χ1) is 18.0. The highest BCUT2D eigenvalue weighted by atomic mass is 35.5. The first kappa shape index (κ1) is 26.9. The number of para-hydroxylation sites is 1. The van der Waals surface area contributed by atoms with Crippen LogP contribution in [0.15, 0.2) is 53.9 Å². The molecule has 4 rings (SSSR count). The minimum atomic E-state index is -0.224. The third-order valence-electron chi connectivity index (χ3n) is 6.33. The van der Waals surface area contributed by atoms with Crippen LogP contribution in [0.25, 0.3) is 0 Å². The monoisotopic (exact) mass is 541 g/mol. The summed E-state index contributed by atoms with van der Waals surface area (Å²) in [7, 11) is 1.61. The fourth-order valence-electron chi connectivity index (χ4n) is 4.25. The summed E-state index contributed by atoms with van der Waals surface area (Å²) in [4.78, 5) is 36.5. The fourth-order valence-corrected chi connectivity index (χ4v) is 5.21. The predicted octanol–water partition coefficient (Wildman–Crippen LogP) is 5.00. The van der Waals surface area contributed by atoms with E-state index in [4.69, 9.17) is 16.3 Å². The van der Waals surface area contributed by atoms with Gasteiger partial charge in [0.05, 0.1) is 13.2 Å². The van der Waals surface area contributed by atoms with E-state index in [1.165, 1.54) is 11.3 Å². The third-order valence-corrected chi connectivity index (χ3v) is 7.40. The van der Waals surface area contributed by atoms with Crippen LogP contribution in [0.5, 0.6) is 0 Å². The van der Waals surface area contributed by atoms with E-state index >= 15 is 0 Å². The number of hydrogen-bond donors (Lipinski definition) is 1. The fraction of sp³-hybridized carbons (Fsp3) is 0.370. The lowest BCUT2D eigenvalue weighted by molar-refractivity contribution is 0.0741. The average Bonchev–Trinajstić information content (AvgIpc) is 3.39. The SMILES string of the molecule is CCc1ccccc1NC(=O)N(CCOC)Cc1nc(C(=O)N2CCN(c3cccc(Cl)c3)CC2)cs1. The van der Waals surface area contributed by atoms with E-state index in [1.54, 1.807) is 17.4 Å². The molecular weight excluding hydrogens is 510 g/mol. The van der Waals surface area contributed by atoms with Gasteiger partial charge in [-0.1, -0.05) is 42.8 Å². The standard InChI is InChI=1S/C27H32ClN5O3S/c1-3-20-7-4-5-10-23(20)30-27(35)33(15-16-36-2)18-25-29-24(19-37-25)26(34)32-13-11-31(12-14-32)22-9-6-8-21(28)17-22/h4-10,17,19H,3,11-16,18H2,1-2H3,(H,30,35). The van der Waals surface area contributed by atoms with Gasteiger partial charge in [0, 0.05) is 61.6 Å². The maximum Gasteiger partial charge on any atom is 0.322 e. The Morgan fingerprint density at radius 3 is 2.65 bits per heavy atom. The quantitative estimate of drug-likeness (QED) is 0.412. The van der Waals surface area contributed by atoms with E-state index in [-0.39, 0.29) is 11.9 Å². The molecule has 196 valence electrons. The summed E-state index contributed by atoms with van der Waals surface area (Å²) in [6.07, 6.45) is 0.819. The second-order valence-corrected chi connectivity index (χ2v) is 10.1. The highest BCUT2D eigenvalue weighted by molar-refractivity contribution is 7.09. The number of benzene rings is 2. The summed E-state index contributed by atoms with van der Waals surface area (Å²) < 4.78 is 5.21. The Balaban J connectivity index is 1.37. The number of piperazine rings is 1. The number of aromatic nitrogens is 1. The number of aryl methyl sites for hydroxylation is 1. The number of nitrogens with one attached hydrogen (secondary N) is 1. The molecule has 3 amide bonds. The van der Waals surface area contributed by atoms with Crippen LogP contribution in [-0.2, 0) is 17.7 Å². The van der Waals surface area contributed by atoms with Gasteiger partial charge >= 0.3 is 6.03 Å². The maximum atomic E-state index is 13.1. The van der Waals surface area contributed by atoms with Crippen LogP contribution < -0.4 is 10.2 Å². The van der Waals surface area contributed by atoms with E-state index in [0.29, 0.717) is 48.5 Å². The maximum absolute atomic E-state index is 13.1. The topological polar surface area (TPSA) is 78.0 Å².